The molecule has 5 heteroatoms. The van der Waals surface area contributed by atoms with Gasteiger partial charge < -0.3 is 9.84 Å². The molecule has 3 saturated carbocycles. The molecule has 0 saturated heterocycles. The highest BCUT2D eigenvalue weighted by Gasteiger charge is 2.57. The Morgan fingerprint density at radius 2 is 1.89 bits per heavy atom. The summed E-state index contributed by atoms with van der Waals surface area (Å²) in [5.41, 5.74) is -0.693. The number of carboxylic acid groups (broad SMARTS) is 1. The molecule has 18 heavy (non-hydrogen) atoms. The maximum atomic E-state index is 12.7. The van der Waals surface area contributed by atoms with E-state index in [4.69, 9.17) is 9.84 Å². The van der Waals surface area contributed by atoms with Crippen LogP contribution in [0.2, 0.25) is 0 Å². The standard InChI is InChI=1S/C13H18F2O3/c14-11(15)13(1-2-13)7-18-9-5-12(6-9)3-8(4-12)10(16)17/h8-9,11H,1-7H2,(H,16,17). The smallest absolute Gasteiger partial charge is 0.306 e. The number of ether oxygens (including phenoxy) is 1. The van der Waals surface area contributed by atoms with E-state index in [-0.39, 0.29) is 24.0 Å². The fourth-order valence-electron chi connectivity index (χ4n) is 3.39. The molecule has 3 rings (SSSR count). The SMILES string of the molecule is O=C(O)C1CC2(CC(OCC3(C(F)F)CC3)C2)C1. The Hall–Kier alpha value is -0.710. The minimum absolute atomic E-state index is 0.0796. The summed E-state index contributed by atoms with van der Waals surface area (Å²) in [5.74, 6) is -0.901. The number of alkyl halides is 2. The highest BCUT2D eigenvalue weighted by atomic mass is 19.3. The summed E-state index contributed by atoms with van der Waals surface area (Å²) in [7, 11) is 0. The van der Waals surface area contributed by atoms with Crippen LogP contribution in [0.3, 0.4) is 0 Å². The first-order valence-electron chi connectivity index (χ1n) is 6.57. The van der Waals surface area contributed by atoms with Crippen LogP contribution in [0.1, 0.15) is 38.5 Å². The Kier molecular flexibility index (Phi) is 2.66. The van der Waals surface area contributed by atoms with Gasteiger partial charge in [0, 0.05) is 0 Å². The first-order chi connectivity index (χ1) is 8.45. The second-order valence-corrected chi connectivity index (χ2v) is 6.45. The highest BCUT2D eigenvalue weighted by molar-refractivity contribution is 5.71. The molecule has 102 valence electrons. The third-order valence-electron chi connectivity index (χ3n) is 4.99. The summed E-state index contributed by atoms with van der Waals surface area (Å²) in [6, 6.07) is 0. The molecule has 0 radical (unpaired) electrons. The quantitative estimate of drug-likeness (QED) is 0.826. The molecular weight excluding hydrogens is 242 g/mol. The molecule has 0 aliphatic heterocycles. The molecule has 0 aromatic heterocycles. The molecule has 0 heterocycles. The molecule has 0 unspecified atom stereocenters. The van der Waals surface area contributed by atoms with E-state index in [1.54, 1.807) is 0 Å². The van der Waals surface area contributed by atoms with Crippen LogP contribution in [0.4, 0.5) is 8.78 Å². The van der Waals surface area contributed by atoms with Gasteiger partial charge in [0.1, 0.15) is 0 Å². The summed E-state index contributed by atoms with van der Waals surface area (Å²) >= 11 is 0. The summed E-state index contributed by atoms with van der Waals surface area (Å²) in [6.45, 7) is 0.174. The predicted octanol–water partition coefficient (Wildman–Crippen LogP) is 2.69. The van der Waals surface area contributed by atoms with Crippen molar-refractivity contribution in [1.82, 2.24) is 0 Å². The fourth-order valence-corrected chi connectivity index (χ4v) is 3.39. The van der Waals surface area contributed by atoms with Crippen LogP contribution in [0.15, 0.2) is 0 Å². The van der Waals surface area contributed by atoms with Crippen LogP contribution < -0.4 is 0 Å². The number of hydrogen-bond donors (Lipinski definition) is 1. The summed E-state index contributed by atoms with van der Waals surface area (Å²) in [4.78, 5) is 10.7. The minimum Gasteiger partial charge on any atom is -0.481 e. The van der Waals surface area contributed by atoms with E-state index < -0.39 is 17.8 Å². The molecule has 3 nitrogen and oxygen atoms in total. The number of rotatable bonds is 5. The van der Waals surface area contributed by atoms with Crippen molar-refractivity contribution in [3.8, 4) is 0 Å². The monoisotopic (exact) mass is 260 g/mol. The van der Waals surface area contributed by atoms with Gasteiger partial charge in [-0.05, 0) is 43.9 Å². The van der Waals surface area contributed by atoms with E-state index in [0.717, 1.165) is 25.7 Å². The lowest BCUT2D eigenvalue weighted by atomic mass is 9.50. The highest BCUT2D eigenvalue weighted by Crippen LogP contribution is 2.60. The van der Waals surface area contributed by atoms with Crippen molar-refractivity contribution < 1.29 is 23.4 Å². The Bertz CT molecular complexity index is 351. The van der Waals surface area contributed by atoms with Gasteiger partial charge in [0.25, 0.3) is 0 Å². The van der Waals surface area contributed by atoms with E-state index in [1.165, 1.54) is 0 Å². The Labute approximate surface area is 105 Å². The van der Waals surface area contributed by atoms with Gasteiger partial charge in [0.05, 0.1) is 24.0 Å². The molecular formula is C13H18F2O3. The lowest BCUT2D eigenvalue weighted by Gasteiger charge is -2.56. The van der Waals surface area contributed by atoms with Gasteiger partial charge in [0.2, 0.25) is 6.43 Å². The average molecular weight is 260 g/mol. The second kappa shape index (κ2) is 3.89. The van der Waals surface area contributed by atoms with Crippen molar-refractivity contribution >= 4 is 5.97 Å². The first kappa shape index (κ1) is 12.3. The largest absolute Gasteiger partial charge is 0.481 e. The Balaban J connectivity index is 1.38. The zero-order valence-electron chi connectivity index (χ0n) is 10.2. The van der Waals surface area contributed by atoms with Crippen LogP contribution in [-0.4, -0.2) is 30.2 Å². The normalized spacial score (nSPS) is 40.4. The van der Waals surface area contributed by atoms with Gasteiger partial charge in [-0.25, -0.2) is 8.78 Å². The fraction of sp³-hybridized carbons (Fsp3) is 0.923. The lowest BCUT2D eigenvalue weighted by Crippen LogP contribution is -2.53. The van der Waals surface area contributed by atoms with Crippen LogP contribution in [0, 0.1) is 16.7 Å². The molecule has 3 fully saturated rings. The van der Waals surface area contributed by atoms with Crippen molar-refractivity contribution in [1.29, 1.82) is 0 Å². The topological polar surface area (TPSA) is 46.5 Å². The Morgan fingerprint density at radius 1 is 1.28 bits per heavy atom. The van der Waals surface area contributed by atoms with Crippen LogP contribution in [0.25, 0.3) is 0 Å². The maximum Gasteiger partial charge on any atom is 0.306 e. The summed E-state index contributed by atoms with van der Waals surface area (Å²) in [5, 5.41) is 8.82. The minimum atomic E-state index is -2.27. The first-order valence-corrected chi connectivity index (χ1v) is 6.57. The number of hydrogen-bond acceptors (Lipinski definition) is 2. The van der Waals surface area contributed by atoms with E-state index in [1.807, 2.05) is 0 Å². The molecule has 0 aromatic carbocycles. The van der Waals surface area contributed by atoms with Gasteiger partial charge >= 0.3 is 5.97 Å². The predicted molar refractivity (Wildman–Crippen MR) is 59.4 cm³/mol. The molecule has 0 aromatic rings. The molecule has 0 amide bonds. The van der Waals surface area contributed by atoms with Crippen LogP contribution in [0.5, 0.6) is 0 Å². The van der Waals surface area contributed by atoms with Crippen LogP contribution >= 0.6 is 0 Å². The average Bonchev–Trinajstić information content (AvgIpc) is 2.93. The maximum absolute atomic E-state index is 12.7. The van der Waals surface area contributed by atoms with Crippen molar-refractivity contribution in [2.75, 3.05) is 6.61 Å². The number of carbonyl (C=O) groups is 1. The molecule has 0 bridgehead atoms. The third-order valence-corrected chi connectivity index (χ3v) is 4.99. The zero-order valence-corrected chi connectivity index (χ0v) is 10.2. The van der Waals surface area contributed by atoms with E-state index >= 15 is 0 Å². The van der Waals surface area contributed by atoms with Crippen molar-refractivity contribution in [3.05, 3.63) is 0 Å². The van der Waals surface area contributed by atoms with Crippen molar-refractivity contribution in [2.24, 2.45) is 16.7 Å². The third kappa shape index (κ3) is 1.92. The summed E-state index contributed by atoms with van der Waals surface area (Å²) in [6.07, 6.45) is 2.15. The van der Waals surface area contributed by atoms with E-state index in [2.05, 4.69) is 0 Å². The molecule has 3 aliphatic rings. The number of aliphatic carboxylic acids is 1. The van der Waals surface area contributed by atoms with Gasteiger partial charge in [-0.3, -0.25) is 4.79 Å². The molecule has 0 atom stereocenters. The second-order valence-electron chi connectivity index (χ2n) is 6.45. The lowest BCUT2D eigenvalue weighted by molar-refractivity contribution is -0.175. The molecule has 3 aliphatic carbocycles. The van der Waals surface area contributed by atoms with Gasteiger partial charge in [-0.15, -0.1) is 0 Å². The van der Waals surface area contributed by atoms with Crippen molar-refractivity contribution in [3.63, 3.8) is 0 Å². The number of halogens is 2. The van der Waals surface area contributed by atoms with E-state index in [9.17, 15) is 13.6 Å². The van der Waals surface area contributed by atoms with Gasteiger partial charge in [-0.2, -0.15) is 0 Å². The van der Waals surface area contributed by atoms with E-state index in [0.29, 0.717) is 12.8 Å². The number of carboxylic acids is 1. The van der Waals surface area contributed by atoms with Crippen LogP contribution in [-0.2, 0) is 9.53 Å². The Morgan fingerprint density at radius 3 is 2.33 bits per heavy atom. The zero-order chi connectivity index (χ0) is 13.0. The summed E-state index contributed by atoms with van der Waals surface area (Å²) < 4.78 is 30.9. The molecule has 1 N–H and O–H groups in total. The van der Waals surface area contributed by atoms with Crippen molar-refractivity contribution in [2.45, 2.75) is 51.1 Å². The molecule has 1 spiro atoms. The van der Waals surface area contributed by atoms with Gasteiger partial charge in [0.15, 0.2) is 0 Å². The van der Waals surface area contributed by atoms with Gasteiger partial charge in [-0.1, -0.05) is 0 Å².